The lowest BCUT2D eigenvalue weighted by Gasteiger charge is -2.31. The molecule has 1 rings (SSSR count). The summed E-state index contributed by atoms with van der Waals surface area (Å²) in [5.74, 6) is 0. The maximum Gasteiger partial charge on any atom is 0.108 e. The summed E-state index contributed by atoms with van der Waals surface area (Å²) < 4.78 is 0. The van der Waals surface area contributed by atoms with Crippen LogP contribution >= 0.6 is 0 Å². The van der Waals surface area contributed by atoms with Gasteiger partial charge in [-0.25, -0.2) is 0 Å². The van der Waals surface area contributed by atoms with Gasteiger partial charge in [0.1, 0.15) is 12.2 Å². The van der Waals surface area contributed by atoms with Crippen LogP contribution in [0.25, 0.3) is 0 Å². The van der Waals surface area contributed by atoms with E-state index in [4.69, 9.17) is 0 Å². The Hall–Kier alpha value is -0.320. The summed E-state index contributed by atoms with van der Waals surface area (Å²) in [5, 5.41) is 77.2. The van der Waals surface area contributed by atoms with Crippen molar-refractivity contribution in [2.45, 2.75) is 74.5 Å². The highest BCUT2D eigenvalue weighted by molar-refractivity contribution is 4.86. The Labute approximate surface area is 116 Å². The molecule has 0 heterocycles. The molecule has 0 aromatic heterocycles. The molecule has 120 valence electrons. The second kappa shape index (κ2) is 7.62. The minimum absolute atomic E-state index is 0.147. The molecule has 20 heavy (non-hydrogen) atoms. The van der Waals surface area contributed by atoms with E-state index in [1.54, 1.807) is 0 Å². The van der Waals surface area contributed by atoms with Crippen LogP contribution in [-0.2, 0) is 0 Å². The van der Waals surface area contributed by atoms with Crippen LogP contribution in [-0.4, -0.2) is 89.7 Å². The largest absolute Gasteiger partial charge is 0.393 e. The maximum absolute atomic E-state index is 9.66. The van der Waals surface area contributed by atoms with Gasteiger partial charge in [-0.3, -0.25) is 0 Å². The SMILES string of the molecule is OC1CC(O)CC(O)[C@H](O)C(O)[C@H](O)CC(O)C(O)C1. The van der Waals surface area contributed by atoms with Crippen LogP contribution in [0.3, 0.4) is 0 Å². The molecule has 8 atom stereocenters. The van der Waals surface area contributed by atoms with Crippen molar-refractivity contribution in [2.75, 3.05) is 0 Å². The maximum atomic E-state index is 9.66. The molecule has 6 unspecified atom stereocenters. The summed E-state index contributed by atoms with van der Waals surface area (Å²) in [4.78, 5) is 0. The minimum atomic E-state index is -1.72. The van der Waals surface area contributed by atoms with Gasteiger partial charge in [0.15, 0.2) is 0 Å². The van der Waals surface area contributed by atoms with Crippen LogP contribution in [0.5, 0.6) is 0 Å². The standard InChI is InChI=1S/C12H24O8/c13-5-1-6(14)3-9(17)11(19)12(20)10(18)4-8(16)7(15)2-5/h5-20H,1-4H2/t5?,6?,7?,8?,9?,10-,11+,12?/m1/s1. The quantitative estimate of drug-likeness (QED) is 0.228. The first kappa shape index (κ1) is 17.7. The molecule has 0 spiro atoms. The molecule has 0 aliphatic heterocycles. The van der Waals surface area contributed by atoms with Gasteiger partial charge in [0.2, 0.25) is 0 Å². The van der Waals surface area contributed by atoms with Crippen molar-refractivity contribution in [1.82, 2.24) is 0 Å². The first-order valence-electron chi connectivity index (χ1n) is 6.66. The van der Waals surface area contributed by atoms with E-state index in [0.717, 1.165) is 0 Å². The molecule has 8 heteroatoms. The summed E-state index contributed by atoms with van der Waals surface area (Å²) in [6.45, 7) is 0. The average molecular weight is 296 g/mol. The zero-order chi connectivity index (χ0) is 15.4. The minimum Gasteiger partial charge on any atom is -0.393 e. The van der Waals surface area contributed by atoms with Crippen molar-refractivity contribution in [3.05, 3.63) is 0 Å². The van der Waals surface area contributed by atoms with E-state index >= 15 is 0 Å². The monoisotopic (exact) mass is 296 g/mol. The molecule has 1 saturated carbocycles. The van der Waals surface area contributed by atoms with Crippen LogP contribution in [0.2, 0.25) is 0 Å². The van der Waals surface area contributed by atoms with E-state index < -0.39 is 55.3 Å². The molecule has 0 aromatic rings. The smallest absolute Gasteiger partial charge is 0.108 e. The highest BCUT2D eigenvalue weighted by atomic mass is 16.4. The van der Waals surface area contributed by atoms with Crippen LogP contribution in [0, 0.1) is 0 Å². The summed E-state index contributed by atoms with van der Waals surface area (Å²) in [6.07, 6.45) is -12.5. The first-order chi connectivity index (χ1) is 9.22. The van der Waals surface area contributed by atoms with Crippen molar-refractivity contribution in [3.63, 3.8) is 0 Å². The molecule has 0 aromatic carbocycles. The fourth-order valence-electron chi connectivity index (χ4n) is 2.36. The van der Waals surface area contributed by atoms with Crippen molar-refractivity contribution in [3.8, 4) is 0 Å². The molecule has 1 fully saturated rings. The highest BCUT2D eigenvalue weighted by Gasteiger charge is 2.35. The lowest BCUT2D eigenvalue weighted by molar-refractivity contribution is -0.132. The molecule has 0 bridgehead atoms. The predicted molar refractivity (Wildman–Crippen MR) is 66.5 cm³/mol. The first-order valence-corrected chi connectivity index (χ1v) is 6.66. The van der Waals surface area contributed by atoms with Crippen molar-refractivity contribution >= 4 is 0 Å². The summed E-state index contributed by atoms with van der Waals surface area (Å²) in [7, 11) is 0. The Morgan fingerprint density at radius 3 is 1.25 bits per heavy atom. The van der Waals surface area contributed by atoms with Gasteiger partial charge in [0.05, 0.1) is 36.6 Å². The molecular formula is C12H24O8. The molecule has 8 N–H and O–H groups in total. The Morgan fingerprint density at radius 2 is 0.750 bits per heavy atom. The van der Waals surface area contributed by atoms with Gasteiger partial charge in [-0.05, 0) is 6.42 Å². The van der Waals surface area contributed by atoms with Crippen LogP contribution < -0.4 is 0 Å². The van der Waals surface area contributed by atoms with E-state index in [2.05, 4.69) is 0 Å². The van der Waals surface area contributed by atoms with E-state index in [-0.39, 0.29) is 19.3 Å². The predicted octanol–water partition coefficient (Wildman–Crippen LogP) is -3.55. The Kier molecular flexibility index (Phi) is 6.76. The molecule has 1 aliphatic rings. The van der Waals surface area contributed by atoms with E-state index in [1.165, 1.54) is 0 Å². The third kappa shape index (κ3) is 4.90. The number of rotatable bonds is 0. The molecular weight excluding hydrogens is 272 g/mol. The van der Waals surface area contributed by atoms with Gasteiger partial charge in [-0.1, -0.05) is 0 Å². The molecule has 0 saturated heterocycles. The summed E-state index contributed by atoms with van der Waals surface area (Å²) in [6, 6.07) is 0. The third-order valence-corrected chi connectivity index (χ3v) is 3.64. The average Bonchev–Trinajstić information content (AvgIpc) is 2.34. The number of aliphatic hydroxyl groups is 8. The van der Waals surface area contributed by atoms with E-state index in [9.17, 15) is 40.9 Å². The highest BCUT2D eigenvalue weighted by Crippen LogP contribution is 2.20. The van der Waals surface area contributed by atoms with Gasteiger partial charge in [-0.15, -0.1) is 0 Å². The number of hydrogen-bond donors (Lipinski definition) is 8. The van der Waals surface area contributed by atoms with Crippen LogP contribution in [0.1, 0.15) is 25.7 Å². The number of hydrogen-bond acceptors (Lipinski definition) is 8. The van der Waals surface area contributed by atoms with E-state index in [1.807, 2.05) is 0 Å². The van der Waals surface area contributed by atoms with Gasteiger partial charge >= 0.3 is 0 Å². The van der Waals surface area contributed by atoms with Crippen molar-refractivity contribution < 1.29 is 40.9 Å². The molecule has 0 radical (unpaired) electrons. The lowest BCUT2D eigenvalue weighted by atomic mass is 9.90. The summed E-state index contributed by atoms with van der Waals surface area (Å²) in [5.41, 5.74) is 0. The Bertz CT molecular complexity index is 289. The normalized spacial score (nSPS) is 49.2. The second-order valence-corrected chi connectivity index (χ2v) is 5.50. The third-order valence-electron chi connectivity index (χ3n) is 3.64. The number of aliphatic hydroxyl groups excluding tert-OH is 8. The zero-order valence-electron chi connectivity index (χ0n) is 11.0. The van der Waals surface area contributed by atoms with Gasteiger partial charge in [-0.2, -0.15) is 0 Å². The van der Waals surface area contributed by atoms with Gasteiger partial charge in [0, 0.05) is 19.3 Å². The lowest BCUT2D eigenvalue weighted by Crippen LogP contribution is -2.48. The Balaban J connectivity index is 2.82. The zero-order valence-corrected chi connectivity index (χ0v) is 11.0. The molecule has 0 amide bonds. The molecule has 8 nitrogen and oxygen atoms in total. The Morgan fingerprint density at radius 1 is 0.400 bits per heavy atom. The van der Waals surface area contributed by atoms with Crippen molar-refractivity contribution in [1.29, 1.82) is 0 Å². The fraction of sp³-hybridized carbons (Fsp3) is 1.00. The van der Waals surface area contributed by atoms with Crippen LogP contribution in [0.15, 0.2) is 0 Å². The van der Waals surface area contributed by atoms with Gasteiger partial charge in [0.25, 0.3) is 0 Å². The second-order valence-electron chi connectivity index (χ2n) is 5.50. The topological polar surface area (TPSA) is 162 Å². The fourth-order valence-corrected chi connectivity index (χ4v) is 2.36. The summed E-state index contributed by atoms with van der Waals surface area (Å²) >= 11 is 0. The van der Waals surface area contributed by atoms with Crippen LogP contribution in [0.4, 0.5) is 0 Å². The molecule has 1 aliphatic carbocycles. The van der Waals surface area contributed by atoms with Gasteiger partial charge < -0.3 is 40.9 Å². The van der Waals surface area contributed by atoms with E-state index in [0.29, 0.717) is 0 Å². The van der Waals surface area contributed by atoms with Crippen molar-refractivity contribution in [2.24, 2.45) is 0 Å².